The van der Waals surface area contributed by atoms with Gasteiger partial charge in [0.15, 0.2) is 5.17 Å². The smallest absolute Gasteiger partial charge is 0.368 e. The maximum Gasteiger partial charge on any atom is 0.416 e. The van der Waals surface area contributed by atoms with Crippen LogP contribution in [0, 0.1) is 0 Å². The van der Waals surface area contributed by atoms with Gasteiger partial charge < -0.3 is 9.80 Å². The van der Waals surface area contributed by atoms with Crippen LogP contribution < -0.4 is 4.90 Å². The van der Waals surface area contributed by atoms with E-state index in [2.05, 4.69) is 4.99 Å². The summed E-state index contributed by atoms with van der Waals surface area (Å²) in [5.74, 6) is -0.287. The van der Waals surface area contributed by atoms with Crippen LogP contribution in [0.2, 0.25) is 5.02 Å². The summed E-state index contributed by atoms with van der Waals surface area (Å²) in [6.07, 6.45) is -2.58. The Bertz CT molecular complexity index is 1010. The lowest BCUT2D eigenvalue weighted by Gasteiger charge is -2.36. The van der Waals surface area contributed by atoms with E-state index in [1.165, 1.54) is 23.9 Å². The molecule has 1 amide bonds. The third kappa shape index (κ3) is 4.65. The van der Waals surface area contributed by atoms with Crippen LogP contribution in [0.4, 0.5) is 18.9 Å². The number of halogens is 4. The SMILES string of the molecule is O=C1N=C(N2CCN(c3cccc(C(F)(F)F)c3)CC2)S/C1=C\c1ccc(Cl)cc1. The minimum atomic E-state index is -4.36. The second-order valence-electron chi connectivity index (χ2n) is 6.88. The highest BCUT2D eigenvalue weighted by molar-refractivity contribution is 8.18. The Labute approximate surface area is 181 Å². The predicted octanol–water partition coefficient (Wildman–Crippen LogP) is 5.15. The number of amides is 1. The van der Waals surface area contributed by atoms with Gasteiger partial charge in [-0.15, -0.1) is 0 Å². The molecule has 1 fully saturated rings. The van der Waals surface area contributed by atoms with E-state index in [4.69, 9.17) is 11.6 Å². The zero-order valence-electron chi connectivity index (χ0n) is 15.7. The molecule has 4 nitrogen and oxygen atoms in total. The van der Waals surface area contributed by atoms with E-state index in [1.807, 2.05) is 21.9 Å². The number of anilines is 1. The molecule has 156 valence electrons. The first-order valence-corrected chi connectivity index (χ1v) is 10.4. The van der Waals surface area contributed by atoms with Crippen molar-refractivity contribution in [1.29, 1.82) is 0 Å². The molecule has 0 aliphatic carbocycles. The molecule has 0 N–H and O–H groups in total. The van der Waals surface area contributed by atoms with Gasteiger partial charge in [0.25, 0.3) is 5.91 Å². The first kappa shape index (κ1) is 20.8. The summed E-state index contributed by atoms with van der Waals surface area (Å²) < 4.78 is 38.9. The number of rotatable bonds is 2. The molecule has 0 unspecified atom stereocenters. The largest absolute Gasteiger partial charge is 0.416 e. The Morgan fingerprint density at radius 3 is 2.33 bits per heavy atom. The maximum absolute atomic E-state index is 13.0. The van der Waals surface area contributed by atoms with Crippen molar-refractivity contribution in [3.8, 4) is 0 Å². The lowest BCUT2D eigenvalue weighted by Crippen LogP contribution is -2.47. The lowest BCUT2D eigenvalue weighted by atomic mass is 10.1. The number of hydrogen-bond donors (Lipinski definition) is 0. The predicted molar refractivity (Wildman–Crippen MR) is 115 cm³/mol. The molecule has 2 aromatic rings. The van der Waals surface area contributed by atoms with Crippen LogP contribution in [0.5, 0.6) is 0 Å². The normalized spacial score (nSPS) is 18.9. The first-order chi connectivity index (χ1) is 14.3. The van der Waals surface area contributed by atoms with Crippen molar-refractivity contribution in [2.24, 2.45) is 4.99 Å². The molecule has 4 rings (SSSR count). The number of amidine groups is 1. The van der Waals surface area contributed by atoms with Crippen molar-refractivity contribution in [3.63, 3.8) is 0 Å². The molecule has 0 bridgehead atoms. The van der Waals surface area contributed by atoms with E-state index in [-0.39, 0.29) is 5.91 Å². The quantitative estimate of drug-likeness (QED) is 0.591. The number of nitrogens with zero attached hydrogens (tertiary/aromatic N) is 3. The zero-order valence-corrected chi connectivity index (χ0v) is 17.3. The lowest BCUT2D eigenvalue weighted by molar-refractivity contribution is -0.137. The van der Waals surface area contributed by atoms with Gasteiger partial charge in [-0.3, -0.25) is 4.79 Å². The Morgan fingerprint density at radius 2 is 1.67 bits per heavy atom. The van der Waals surface area contributed by atoms with E-state index >= 15 is 0 Å². The molecule has 0 atom stereocenters. The Kier molecular flexibility index (Phi) is 5.79. The van der Waals surface area contributed by atoms with Gasteiger partial charge in [0.1, 0.15) is 0 Å². The average Bonchev–Trinajstić information content (AvgIpc) is 3.10. The van der Waals surface area contributed by atoms with Crippen molar-refractivity contribution in [1.82, 2.24) is 4.90 Å². The maximum atomic E-state index is 13.0. The van der Waals surface area contributed by atoms with Gasteiger partial charge >= 0.3 is 6.18 Å². The van der Waals surface area contributed by atoms with Crippen molar-refractivity contribution >= 4 is 46.2 Å². The van der Waals surface area contributed by atoms with Crippen LogP contribution in [0.3, 0.4) is 0 Å². The Balaban J connectivity index is 1.40. The number of carbonyl (C=O) groups is 1. The van der Waals surface area contributed by atoms with Crippen molar-refractivity contribution in [2.75, 3.05) is 31.1 Å². The van der Waals surface area contributed by atoms with Crippen LogP contribution in [0.25, 0.3) is 6.08 Å². The summed E-state index contributed by atoms with van der Waals surface area (Å²) >= 11 is 7.20. The van der Waals surface area contributed by atoms with Gasteiger partial charge in [-0.05, 0) is 53.7 Å². The van der Waals surface area contributed by atoms with Gasteiger partial charge in [0.2, 0.25) is 0 Å². The molecule has 2 aliphatic heterocycles. The zero-order chi connectivity index (χ0) is 21.3. The molecule has 0 saturated carbocycles. The standard InChI is InChI=1S/C21H17ClF3N3OS/c22-16-6-4-14(5-7-16)12-18-19(29)26-20(30-18)28-10-8-27(9-11-28)17-3-1-2-15(13-17)21(23,24)25/h1-7,12-13H,8-11H2/b18-12-. The minimum Gasteiger partial charge on any atom is -0.368 e. The number of carbonyl (C=O) groups excluding carboxylic acids is 1. The number of piperazine rings is 1. The molecular formula is C21H17ClF3N3OS. The fourth-order valence-electron chi connectivity index (χ4n) is 3.28. The Hall–Kier alpha value is -2.45. The molecule has 0 aromatic heterocycles. The molecule has 9 heteroatoms. The molecule has 0 spiro atoms. The van der Waals surface area contributed by atoms with Gasteiger partial charge in [0, 0.05) is 36.9 Å². The average molecular weight is 452 g/mol. The van der Waals surface area contributed by atoms with Gasteiger partial charge in [0.05, 0.1) is 10.5 Å². The van der Waals surface area contributed by atoms with E-state index in [0.717, 1.165) is 11.6 Å². The summed E-state index contributed by atoms with van der Waals surface area (Å²) in [7, 11) is 0. The number of alkyl halides is 3. The molecule has 2 aromatic carbocycles. The van der Waals surface area contributed by atoms with E-state index in [0.29, 0.717) is 47.0 Å². The van der Waals surface area contributed by atoms with Crippen LogP contribution in [0.1, 0.15) is 11.1 Å². The molecule has 2 heterocycles. The summed E-state index contributed by atoms with van der Waals surface area (Å²) in [6.45, 7) is 2.24. The summed E-state index contributed by atoms with van der Waals surface area (Å²) in [5, 5.41) is 1.25. The highest BCUT2D eigenvalue weighted by Crippen LogP contribution is 2.33. The van der Waals surface area contributed by atoms with Crippen molar-refractivity contribution in [3.05, 3.63) is 69.6 Å². The topological polar surface area (TPSA) is 35.9 Å². The van der Waals surface area contributed by atoms with E-state index < -0.39 is 11.7 Å². The summed E-state index contributed by atoms with van der Waals surface area (Å²) in [6, 6.07) is 12.5. The van der Waals surface area contributed by atoms with Gasteiger partial charge in [-0.1, -0.05) is 29.8 Å². The van der Waals surface area contributed by atoms with E-state index in [1.54, 1.807) is 24.3 Å². The van der Waals surface area contributed by atoms with Crippen LogP contribution in [0.15, 0.2) is 58.4 Å². The molecule has 2 aliphatic rings. The van der Waals surface area contributed by atoms with Crippen LogP contribution >= 0.6 is 23.4 Å². The minimum absolute atomic E-state index is 0.287. The summed E-state index contributed by atoms with van der Waals surface area (Å²) in [4.78, 5) is 20.9. The monoisotopic (exact) mass is 451 g/mol. The third-order valence-corrected chi connectivity index (χ3v) is 6.16. The van der Waals surface area contributed by atoms with Crippen LogP contribution in [-0.2, 0) is 11.0 Å². The Morgan fingerprint density at radius 1 is 1.00 bits per heavy atom. The second kappa shape index (κ2) is 8.35. The fraction of sp³-hybridized carbons (Fsp3) is 0.238. The van der Waals surface area contributed by atoms with Crippen LogP contribution in [-0.4, -0.2) is 42.2 Å². The van der Waals surface area contributed by atoms with Gasteiger partial charge in [-0.25, -0.2) is 0 Å². The van der Waals surface area contributed by atoms with Crippen molar-refractivity contribution < 1.29 is 18.0 Å². The first-order valence-electron chi connectivity index (χ1n) is 9.25. The number of benzene rings is 2. The highest BCUT2D eigenvalue weighted by Gasteiger charge is 2.32. The number of thioether (sulfide) groups is 1. The molecular weight excluding hydrogens is 435 g/mol. The van der Waals surface area contributed by atoms with E-state index in [9.17, 15) is 18.0 Å². The third-order valence-electron chi connectivity index (χ3n) is 4.87. The highest BCUT2D eigenvalue weighted by atomic mass is 35.5. The van der Waals surface area contributed by atoms with Gasteiger partial charge in [-0.2, -0.15) is 18.2 Å². The molecule has 1 saturated heterocycles. The molecule has 30 heavy (non-hydrogen) atoms. The van der Waals surface area contributed by atoms with Crippen molar-refractivity contribution in [2.45, 2.75) is 6.18 Å². The number of hydrogen-bond acceptors (Lipinski definition) is 4. The summed E-state index contributed by atoms with van der Waals surface area (Å²) in [5.41, 5.74) is 0.756. The molecule has 0 radical (unpaired) electrons. The number of aliphatic imine (C=N–C) groups is 1. The second-order valence-corrected chi connectivity index (χ2v) is 8.33. The fourth-order valence-corrected chi connectivity index (χ4v) is 4.37.